The van der Waals surface area contributed by atoms with Gasteiger partial charge in [-0.15, -0.1) is 0 Å². The molecule has 2 aromatic carbocycles. The average molecular weight is 485 g/mol. The molecule has 0 radical (unpaired) electrons. The molecule has 10 heteroatoms. The molecule has 0 aliphatic carbocycles. The summed E-state index contributed by atoms with van der Waals surface area (Å²) in [6.07, 6.45) is -4.14. The van der Waals surface area contributed by atoms with Crippen LogP contribution in [0.15, 0.2) is 36.4 Å². The molecule has 35 heavy (non-hydrogen) atoms. The Hall–Kier alpha value is -3.84. The molecule has 2 aromatic rings. The number of rotatable bonds is 5. The number of carbonyl (C=O) groups is 2. The Labute approximate surface area is 202 Å². The van der Waals surface area contributed by atoms with Crippen LogP contribution in [-0.2, 0) is 9.59 Å². The zero-order valence-corrected chi connectivity index (χ0v) is 19.4. The Kier molecular flexibility index (Phi) is 7.07. The zero-order chi connectivity index (χ0) is 25.0. The third kappa shape index (κ3) is 6.61. The molecule has 3 N–H and O–H groups in total. The van der Waals surface area contributed by atoms with Gasteiger partial charge >= 0.3 is 6.11 Å². The third-order valence-electron chi connectivity index (χ3n) is 5.36. The van der Waals surface area contributed by atoms with Crippen molar-refractivity contribution in [3.05, 3.63) is 47.5 Å². The number of hydrogen-bond donors (Lipinski definition) is 3. The Morgan fingerprint density at radius 3 is 2.89 bits per heavy atom. The van der Waals surface area contributed by atoms with Crippen molar-refractivity contribution in [2.75, 3.05) is 43.4 Å². The first-order chi connectivity index (χ1) is 16.7. The third-order valence-corrected chi connectivity index (χ3v) is 5.36. The van der Waals surface area contributed by atoms with Crippen LogP contribution < -0.4 is 25.4 Å². The van der Waals surface area contributed by atoms with Crippen LogP contribution >= 0.6 is 0 Å². The van der Waals surface area contributed by atoms with Gasteiger partial charge in [0, 0.05) is 31.6 Å². The van der Waals surface area contributed by atoms with E-state index in [1.165, 1.54) is 18.2 Å². The maximum Gasteiger partial charge on any atom is 0.394 e. The second-order valence-corrected chi connectivity index (χ2v) is 8.46. The minimum atomic E-state index is -3.30. The normalized spacial score (nSPS) is 17.6. The van der Waals surface area contributed by atoms with Crippen LogP contribution in [0.25, 0.3) is 0 Å². The van der Waals surface area contributed by atoms with E-state index in [0.717, 1.165) is 12.1 Å². The lowest BCUT2D eigenvalue weighted by molar-refractivity contribution is -0.158. The highest BCUT2D eigenvalue weighted by Crippen LogP contribution is 2.34. The molecule has 0 spiro atoms. The fraction of sp³-hybridized carbons (Fsp3) is 0.360. The quantitative estimate of drug-likeness (QED) is 0.566. The molecule has 0 saturated carbocycles. The topological polar surface area (TPSA) is 91.9 Å². The molecule has 184 valence electrons. The molecule has 2 aliphatic heterocycles. The van der Waals surface area contributed by atoms with E-state index in [1.807, 2.05) is 24.0 Å². The first-order valence-electron chi connectivity index (χ1n) is 11.2. The Morgan fingerprint density at radius 1 is 1.29 bits per heavy atom. The van der Waals surface area contributed by atoms with Crippen molar-refractivity contribution in [3.63, 3.8) is 0 Å². The average Bonchev–Trinajstić information content (AvgIpc) is 2.79. The van der Waals surface area contributed by atoms with E-state index in [0.29, 0.717) is 49.2 Å². The van der Waals surface area contributed by atoms with Crippen molar-refractivity contribution in [3.8, 4) is 23.3 Å². The minimum absolute atomic E-state index is 0.0108. The summed E-state index contributed by atoms with van der Waals surface area (Å²) in [6.45, 7) is 4.83. The van der Waals surface area contributed by atoms with E-state index in [9.17, 15) is 18.4 Å². The number of piperazine rings is 1. The van der Waals surface area contributed by atoms with Gasteiger partial charge in [-0.2, -0.15) is 8.78 Å². The van der Waals surface area contributed by atoms with Crippen molar-refractivity contribution in [1.82, 2.24) is 10.2 Å². The number of hydrogen-bond acceptors (Lipinski definition) is 6. The summed E-state index contributed by atoms with van der Waals surface area (Å²) >= 11 is 0. The maximum absolute atomic E-state index is 13.1. The highest BCUT2D eigenvalue weighted by molar-refractivity contribution is 5.96. The van der Waals surface area contributed by atoms with Gasteiger partial charge in [-0.25, -0.2) is 0 Å². The monoisotopic (exact) mass is 484 g/mol. The van der Waals surface area contributed by atoms with Crippen molar-refractivity contribution < 1.29 is 27.8 Å². The molecule has 8 nitrogen and oxygen atoms in total. The van der Waals surface area contributed by atoms with Gasteiger partial charge in [0.05, 0.1) is 31.0 Å². The smallest absolute Gasteiger partial charge is 0.394 e. The fourth-order valence-corrected chi connectivity index (χ4v) is 3.72. The second kappa shape index (κ2) is 10.2. The van der Waals surface area contributed by atoms with Crippen LogP contribution in [0.5, 0.6) is 11.5 Å². The van der Waals surface area contributed by atoms with Crippen LogP contribution in [0, 0.1) is 18.8 Å². The van der Waals surface area contributed by atoms with E-state index in [-0.39, 0.29) is 24.1 Å². The van der Waals surface area contributed by atoms with E-state index >= 15 is 0 Å². The van der Waals surface area contributed by atoms with E-state index in [4.69, 9.17) is 4.74 Å². The van der Waals surface area contributed by atoms with Crippen LogP contribution in [0.4, 0.5) is 20.2 Å². The first-order valence-corrected chi connectivity index (χ1v) is 11.2. The van der Waals surface area contributed by atoms with Gasteiger partial charge in [0.15, 0.2) is 6.10 Å². The van der Waals surface area contributed by atoms with Crippen LogP contribution in [0.3, 0.4) is 0 Å². The predicted molar refractivity (Wildman–Crippen MR) is 127 cm³/mol. The molecule has 0 bridgehead atoms. The van der Waals surface area contributed by atoms with Gasteiger partial charge in [-0.05, 0) is 36.8 Å². The molecule has 2 amide bonds. The highest BCUT2D eigenvalue weighted by Gasteiger charge is 2.28. The van der Waals surface area contributed by atoms with Crippen molar-refractivity contribution in [1.29, 1.82) is 0 Å². The molecule has 1 saturated heterocycles. The van der Waals surface area contributed by atoms with E-state index in [1.54, 1.807) is 6.07 Å². The molecular formula is C25H26F2N4O4. The summed E-state index contributed by atoms with van der Waals surface area (Å²) in [4.78, 5) is 26.4. The predicted octanol–water partition coefficient (Wildman–Crippen LogP) is 2.58. The van der Waals surface area contributed by atoms with Crippen LogP contribution in [0.2, 0.25) is 0 Å². The Morgan fingerprint density at radius 2 is 2.11 bits per heavy atom. The maximum atomic E-state index is 13.1. The van der Waals surface area contributed by atoms with E-state index < -0.39 is 12.2 Å². The molecule has 2 aliphatic rings. The summed E-state index contributed by atoms with van der Waals surface area (Å²) in [5, 5.41) is 8.67. The summed E-state index contributed by atoms with van der Waals surface area (Å²) in [7, 11) is 0. The zero-order valence-electron chi connectivity index (χ0n) is 19.4. The number of aryl methyl sites for hydroxylation is 1. The summed E-state index contributed by atoms with van der Waals surface area (Å²) in [5.74, 6) is 6.14. The van der Waals surface area contributed by atoms with Gasteiger partial charge < -0.3 is 25.4 Å². The Bertz CT molecular complexity index is 1190. The summed E-state index contributed by atoms with van der Waals surface area (Å²) < 4.78 is 36.6. The van der Waals surface area contributed by atoms with Gasteiger partial charge in [-0.3, -0.25) is 14.5 Å². The summed E-state index contributed by atoms with van der Waals surface area (Å²) in [6, 6.07) is 9.77. The lowest BCUT2D eigenvalue weighted by Crippen LogP contribution is -2.47. The van der Waals surface area contributed by atoms with Gasteiger partial charge in [0.25, 0.3) is 5.91 Å². The number of nitrogens with one attached hydrogen (secondary N) is 3. The molecule has 4 rings (SSSR count). The molecule has 0 aromatic heterocycles. The Balaban J connectivity index is 1.41. The number of anilines is 2. The number of ether oxygens (including phenoxy) is 2. The standard InChI is InChI=1S/C25H26F2N4O4/c1-16-5-7-19(17(12-16)4-3-10-31-11-9-28-23(32)15-31)30-24(33)22-14-29-20-13-18(35-25(2,26)27)6-8-21(20)34-22/h5-8,12-13,22,29H,9-11,14-15H2,1-2H3,(H,28,32)(H,30,33). The highest BCUT2D eigenvalue weighted by atomic mass is 19.3. The molecule has 2 heterocycles. The number of alkyl halides is 2. The number of halogens is 2. The second-order valence-electron chi connectivity index (χ2n) is 8.46. The number of benzene rings is 2. The van der Waals surface area contributed by atoms with Crippen molar-refractivity contribution in [2.45, 2.75) is 26.1 Å². The van der Waals surface area contributed by atoms with E-state index in [2.05, 4.69) is 32.5 Å². The SMILES string of the molecule is Cc1ccc(NC(=O)C2CNc3cc(OC(C)(F)F)ccc3O2)c(C#CCN2CCNC(=O)C2)c1. The van der Waals surface area contributed by atoms with Gasteiger partial charge in [-0.1, -0.05) is 17.9 Å². The molecule has 1 atom stereocenters. The van der Waals surface area contributed by atoms with Crippen LogP contribution in [-0.4, -0.2) is 61.7 Å². The number of carbonyl (C=O) groups excluding carboxylic acids is 2. The molecule has 1 unspecified atom stereocenters. The largest absolute Gasteiger partial charge is 0.477 e. The number of fused-ring (bicyclic) bond motifs is 1. The lowest BCUT2D eigenvalue weighted by Gasteiger charge is -2.27. The van der Waals surface area contributed by atoms with Crippen molar-refractivity contribution in [2.24, 2.45) is 0 Å². The number of amides is 2. The van der Waals surface area contributed by atoms with Gasteiger partial charge in [0.2, 0.25) is 5.91 Å². The van der Waals surface area contributed by atoms with Crippen LogP contribution in [0.1, 0.15) is 18.1 Å². The molecular weight excluding hydrogens is 458 g/mol. The fourth-order valence-electron chi connectivity index (χ4n) is 3.72. The lowest BCUT2D eigenvalue weighted by atomic mass is 10.1. The summed E-state index contributed by atoms with van der Waals surface area (Å²) in [5.41, 5.74) is 2.66. The molecule has 1 fully saturated rings. The first kappa shape index (κ1) is 24.3. The number of nitrogens with zero attached hydrogens (tertiary/aromatic N) is 1. The van der Waals surface area contributed by atoms with Crippen molar-refractivity contribution >= 4 is 23.2 Å². The van der Waals surface area contributed by atoms with Gasteiger partial charge in [0.1, 0.15) is 11.5 Å². The minimum Gasteiger partial charge on any atom is -0.477 e.